The summed E-state index contributed by atoms with van der Waals surface area (Å²) in [5, 5.41) is 4.22. The third-order valence-corrected chi connectivity index (χ3v) is 2.23. The largest absolute Gasteiger partial charge is 0.307 e. The van der Waals surface area contributed by atoms with Gasteiger partial charge in [-0.15, -0.1) is 0 Å². The lowest BCUT2D eigenvalue weighted by Gasteiger charge is -2.20. The summed E-state index contributed by atoms with van der Waals surface area (Å²) in [6, 6.07) is 0.647. The monoisotopic (exact) mass is 168 g/mol. The highest BCUT2D eigenvalue weighted by Gasteiger charge is 2.11. The van der Waals surface area contributed by atoms with Crippen LogP contribution in [0.1, 0.15) is 46.0 Å². The van der Waals surface area contributed by atoms with Crippen LogP contribution in [-0.2, 0) is 0 Å². The van der Waals surface area contributed by atoms with Crippen LogP contribution >= 0.6 is 0 Å². The molecule has 0 radical (unpaired) electrons. The Balaban J connectivity index is 2.12. The smallest absolute Gasteiger partial charge is 0.0440 e. The van der Waals surface area contributed by atoms with Crippen LogP contribution in [-0.4, -0.2) is 12.3 Å². The lowest BCUT2D eigenvalue weighted by atomic mass is 9.96. The molecule has 0 aromatic heterocycles. The number of rotatable bonds is 3. The van der Waals surface area contributed by atoms with Gasteiger partial charge in [0.05, 0.1) is 0 Å². The zero-order valence-corrected chi connectivity index (χ0v) is 8.21. The Labute approximate surface area is 75.4 Å². The molecule has 0 atom stereocenters. The molecule has 2 heteroatoms. The van der Waals surface area contributed by atoms with E-state index >= 15 is 0 Å². The second-order valence-corrected chi connectivity index (χ2v) is 3.99. The van der Waals surface area contributed by atoms with Crippen LogP contribution in [0.25, 0.3) is 0 Å². The van der Waals surface area contributed by atoms with Gasteiger partial charge in [0.25, 0.3) is 0 Å². The van der Waals surface area contributed by atoms with E-state index in [1.807, 2.05) is 6.21 Å². The van der Waals surface area contributed by atoms with Crippen molar-refractivity contribution in [2.75, 3.05) is 0 Å². The molecular formula is C10H20N2. The molecule has 1 aliphatic carbocycles. The van der Waals surface area contributed by atoms with Crippen LogP contribution in [0.5, 0.6) is 0 Å². The molecule has 0 spiro atoms. The van der Waals surface area contributed by atoms with Gasteiger partial charge in [-0.05, 0) is 18.8 Å². The lowest BCUT2D eigenvalue weighted by Crippen LogP contribution is -2.26. The maximum absolute atomic E-state index is 4.22. The summed E-state index contributed by atoms with van der Waals surface area (Å²) in [5.74, 6) is 0.557. The molecule has 0 aromatic rings. The fourth-order valence-electron chi connectivity index (χ4n) is 1.53. The first-order valence-electron chi connectivity index (χ1n) is 5.08. The van der Waals surface area contributed by atoms with E-state index in [1.54, 1.807) is 0 Å². The van der Waals surface area contributed by atoms with Crippen LogP contribution in [0.3, 0.4) is 0 Å². The van der Waals surface area contributed by atoms with E-state index in [0.29, 0.717) is 12.0 Å². The topological polar surface area (TPSA) is 24.4 Å². The van der Waals surface area contributed by atoms with Crippen molar-refractivity contribution < 1.29 is 0 Å². The van der Waals surface area contributed by atoms with Crippen molar-refractivity contribution in [3.05, 3.63) is 0 Å². The minimum Gasteiger partial charge on any atom is -0.307 e. The van der Waals surface area contributed by atoms with E-state index in [0.717, 1.165) is 0 Å². The van der Waals surface area contributed by atoms with Crippen molar-refractivity contribution in [3.8, 4) is 0 Å². The normalized spacial score (nSPS) is 20.6. The predicted molar refractivity (Wildman–Crippen MR) is 53.3 cm³/mol. The van der Waals surface area contributed by atoms with E-state index in [-0.39, 0.29) is 0 Å². The second-order valence-electron chi connectivity index (χ2n) is 3.99. The maximum Gasteiger partial charge on any atom is 0.0440 e. The Hall–Kier alpha value is -0.530. The van der Waals surface area contributed by atoms with Crippen LogP contribution in [0.15, 0.2) is 5.10 Å². The first kappa shape index (κ1) is 9.56. The standard InChI is InChI=1S/C10H20N2/c1-9(2)8-11-12-10-6-4-3-5-7-10/h8-10,12H,3-7H2,1-2H3/b11-8+. The van der Waals surface area contributed by atoms with E-state index < -0.39 is 0 Å². The molecule has 2 nitrogen and oxygen atoms in total. The molecule has 1 rings (SSSR count). The highest BCUT2D eigenvalue weighted by atomic mass is 15.3. The summed E-state index contributed by atoms with van der Waals surface area (Å²) < 4.78 is 0. The van der Waals surface area contributed by atoms with E-state index in [1.165, 1.54) is 32.1 Å². The third-order valence-electron chi connectivity index (χ3n) is 2.23. The molecule has 1 N–H and O–H groups in total. The first-order chi connectivity index (χ1) is 5.79. The summed E-state index contributed by atoms with van der Waals surface area (Å²) in [6.45, 7) is 4.29. The maximum atomic E-state index is 4.22. The fourth-order valence-corrected chi connectivity index (χ4v) is 1.53. The number of nitrogens with zero attached hydrogens (tertiary/aromatic N) is 1. The molecule has 0 amide bonds. The van der Waals surface area contributed by atoms with Gasteiger partial charge in [-0.2, -0.15) is 5.10 Å². The SMILES string of the molecule is CC(C)/C=N/NC1CCCCC1. The summed E-state index contributed by atoms with van der Waals surface area (Å²) in [6.07, 6.45) is 8.73. The van der Waals surface area contributed by atoms with Crippen LogP contribution < -0.4 is 5.43 Å². The van der Waals surface area contributed by atoms with Crippen LogP contribution in [0, 0.1) is 5.92 Å². The van der Waals surface area contributed by atoms with Crippen molar-refractivity contribution in [2.45, 2.75) is 52.0 Å². The molecule has 70 valence electrons. The quantitative estimate of drug-likeness (QED) is 0.508. The molecule has 1 saturated carbocycles. The van der Waals surface area contributed by atoms with Crippen molar-refractivity contribution in [1.82, 2.24) is 5.43 Å². The molecule has 1 fully saturated rings. The number of hydrogen-bond donors (Lipinski definition) is 1. The zero-order valence-electron chi connectivity index (χ0n) is 8.21. The van der Waals surface area contributed by atoms with Crippen LogP contribution in [0.4, 0.5) is 0 Å². The van der Waals surface area contributed by atoms with Crippen molar-refractivity contribution in [2.24, 2.45) is 11.0 Å². The lowest BCUT2D eigenvalue weighted by molar-refractivity contribution is 0.380. The Kier molecular flexibility index (Phi) is 4.12. The van der Waals surface area contributed by atoms with Crippen molar-refractivity contribution in [1.29, 1.82) is 0 Å². The Morgan fingerprint density at radius 3 is 2.50 bits per heavy atom. The number of nitrogens with one attached hydrogen (secondary N) is 1. The number of hydrazone groups is 1. The van der Waals surface area contributed by atoms with Gasteiger partial charge in [0.15, 0.2) is 0 Å². The molecule has 0 bridgehead atoms. The molecule has 0 saturated heterocycles. The van der Waals surface area contributed by atoms with Gasteiger partial charge in [-0.3, -0.25) is 0 Å². The minimum absolute atomic E-state index is 0.557. The molecule has 0 aliphatic heterocycles. The Morgan fingerprint density at radius 1 is 1.25 bits per heavy atom. The molecule has 12 heavy (non-hydrogen) atoms. The fraction of sp³-hybridized carbons (Fsp3) is 0.900. The highest BCUT2D eigenvalue weighted by molar-refractivity contribution is 5.59. The Morgan fingerprint density at radius 2 is 1.92 bits per heavy atom. The Bertz CT molecular complexity index is 135. The third kappa shape index (κ3) is 3.74. The van der Waals surface area contributed by atoms with Gasteiger partial charge >= 0.3 is 0 Å². The van der Waals surface area contributed by atoms with E-state index in [4.69, 9.17) is 0 Å². The second kappa shape index (κ2) is 5.18. The summed E-state index contributed by atoms with van der Waals surface area (Å²) >= 11 is 0. The average molecular weight is 168 g/mol. The summed E-state index contributed by atoms with van der Waals surface area (Å²) in [5.41, 5.74) is 3.22. The first-order valence-corrected chi connectivity index (χ1v) is 5.08. The zero-order chi connectivity index (χ0) is 8.81. The summed E-state index contributed by atoms with van der Waals surface area (Å²) in [4.78, 5) is 0. The van der Waals surface area contributed by atoms with Gasteiger partial charge in [0.2, 0.25) is 0 Å². The van der Waals surface area contributed by atoms with Crippen molar-refractivity contribution >= 4 is 6.21 Å². The molecule has 1 aliphatic rings. The minimum atomic E-state index is 0.557. The van der Waals surface area contributed by atoms with Gasteiger partial charge in [0.1, 0.15) is 0 Å². The van der Waals surface area contributed by atoms with Gasteiger partial charge in [-0.1, -0.05) is 33.1 Å². The summed E-state index contributed by atoms with van der Waals surface area (Å²) in [7, 11) is 0. The molecule has 0 unspecified atom stereocenters. The van der Waals surface area contributed by atoms with E-state index in [2.05, 4.69) is 24.4 Å². The highest BCUT2D eigenvalue weighted by Crippen LogP contribution is 2.16. The van der Waals surface area contributed by atoms with Crippen LogP contribution in [0.2, 0.25) is 0 Å². The molecule has 0 aromatic carbocycles. The van der Waals surface area contributed by atoms with Gasteiger partial charge in [-0.25, -0.2) is 0 Å². The molecular weight excluding hydrogens is 148 g/mol. The van der Waals surface area contributed by atoms with Crippen molar-refractivity contribution in [3.63, 3.8) is 0 Å². The van der Waals surface area contributed by atoms with Gasteiger partial charge < -0.3 is 5.43 Å². The predicted octanol–water partition coefficient (Wildman–Crippen LogP) is 2.55. The van der Waals surface area contributed by atoms with Gasteiger partial charge in [0, 0.05) is 12.3 Å². The molecule has 0 heterocycles. The average Bonchev–Trinajstić information content (AvgIpc) is 2.05. The van der Waals surface area contributed by atoms with E-state index in [9.17, 15) is 0 Å². The number of hydrogen-bond acceptors (Lipinski definition) is 2.